The molecule has 2 amide bonds. The highest BCUT2D eigenvalue weighted by Gasteiger charge is 2.35. The van der Waals surface area contributed by atoms with Crippen LogP contribution in [0.1, 0.15) is 38.1 Å². The number of carbonyl (C=O) groups is 2. The Hall–Kier alpha value is -5.23. The second-order valence-electron chi connectivity index (χ2n) is 10.5. The first-order valence-corrected chi connectivity index (χ1v) is 16.6. The first-order valence-electron chi connectivity index (χ1n) is 14.2. The van der Waals surface area contributed by atoms with Gasteiger partial charge in [-0.05, 0) is 61.0 Å². The molecule has 262 valence electrons. The van der Waals surface area contributed by atoms with Crippen LogP contribution >= 0.6 is 11.3 Å². The zero-order chi connectivity index (χ0) is 36.6. The van der Waals surface area contributed by atoms with Crippen molar-refractivity contribution in [2.45, 2.75) is 19.3 Å². The minimum atomic E-state index is -5.09. The third-order valence-electron chi connectivity index (χ3n) is 7.16. The molecule has 0 fully saturated rings. The number of methoxy groups -OCH3 is 1. The smallest absolute Gasteiger partial charge is 0.419 e. The van der Waals surface area contributed by atoms with Crippen LogP contribution in [0.25, 0.3) is 21.2 Å². The number of hydrogen-bond donors (Lipinski definition) is 3. The van der Waals surface area contributed by atoms with Gasteiger partial charge in [0.25, 0.3) is 11.8 Å². The van der Waals surface area contributed by atoms with Gasteiger partial charge in [-0.15, -0.1) is 11.3 Å². The molecule has 9 nitrogen and oxygen atoms in total. The van der Waals surface area contributed by atoms with Crippen LogP contribution in [0.5, 0.6) is 5.75 Å². The van der Waals surface area contributed by atoms with Crippen molar-refractivity contribution in [3.8, 4) is 16.9 Å². The van der Waals surface area contributed by atoms with Gasteiger partial charge in [0.1, 0.15) is 16.4 Å². The van der Waals surface area contributed by atoms with E-state index in [0.717, 1.165) is 24.3 Å². The summed E-state index contributed by atoms with van der Waals surface area (Å²) < 4.78 is 126. The molecule has 3 aromatic carbocycles. The van der Waals surface area contributed by atoms with Gasteiger partial charge >= 0.3 is 12.4 Å². The number of nitrogens with zero attached hydrogens (tertiary/aromatic N) is 1. The summed E-state index contributed by atoms with van der Waals surface area (Å²) in [5.41, 5.74) is -2.66. The number of rotatable bonds is 9. The number of carbonyl (C=O) groups excluding carboxylic acids is 2. The predicted molar refractivity (Wildman–Crippen MR) is 173 cm³/mol. The summed E-state index contributed by atoms with van der Waals surface area (Å²) in [4.78, 5) is 30.9. The fourth-order valence-electron chi connectivity index (χ4n) is 4.72. The van der Waals surface area contributed by atoms with E-state index in [2.05, 4.69) is 20.3 Å². The number of alkyl halides is 6. The van der Waals surface area contributed by atoms with Crippen molar-refractivity contribution in [2.24, 2.45) is 0 Å². The van der Waals surface area contributed by atoms with Crippen LogP contribution in [0.15, 0.2) is 73.1 Å². The van der Waals surface area contributed by atoms with Crippen LogP contribution in [-0.2, 0) is 22.4 Å². The minimum Gasteiger partial charge on any atom is -0.496 e. The monoisotopic (exact) mass is 740 g/mol. The maximum absolute atomic E-state index is 13.9. The molecule has 0 unspecified atom stereocenters. The van der Waals surface area contributed by atoms with Crippen LogP contribution in [-0.4, -0.2) is 38.1 Å². The Kier molecular flexibility index (Phi) is 9.80. The quantitative estimate of drug-likeness (QED) is 0.130. The van der Waals surface area contributed by atoms with Gasteiger partial charge in [-0.1, -0.05) is 12.1 Å². The molecule has 0 radical (unpaired) electrons. The number of halogens is 7. The number of amides is 2. The van der Waals surface area contributed by atoms with E-state index in [-0.39, 0.29) is 43.4 Å². The molecule has 50 heavy (non-hydrogen) atoms. The Bertz CT molecular complexity index is 2240. The zero-order valence-electron chi connectivity index (χ0n) is 25.6. The van der Waals surface area contributed by atoms with E-state index < -0.39 is 56.8 Å². The molecular formula is C32H23F7N4O5S2. The number of aromatic nitrogens is 1. The first-order chi connectivity index (χ1) is 23.4. The van der Waals surface area contributed by atoms with Crippen LogP contribution in [0, 0.1) is 5.82 Å². The van der Waals surface area contributed by atoms with Crippen LogP contribution in [0.4, 0.5) is 47.8 Å². The molecule has 0 aliphatic rings. The average molecular weight is 741 g/mol. The second-order valence-corrected chi connectivity index (χ2v) is 13.6. The molecule has 0 atom stereocenters. The lowest BCUT2D eigenvalue weighted by atomic mass is 10.0. The summed E-state index contributed by atoms with van der Waals surface area (Å²) >= 11 is 0.531. The standard InChI is InChI=1S/C32H23F7N4O5S2/c1-3-50(46,47)43-20-10-17(14-40-15-20)16-4-9-25(48-2)22(11-16)29(44)42-27-21-7-5-18(31(34,35)36)12-26(21)49-28(27)30(45)41-19-6-8-24(33)23(13-19)32(37,38)39/h4-15,43H,3H2,1-2H3,(H,41,45)(H,42,44). The van der Waals surface area contributed by atoms with Gasteiger partial charge in [0, 0.05) is 27.5 Å². The number of hydrogen-bond acceptors (Lipinski definition) is 7. The Morgan fingerprint density at radius 3 is 2.24 bits per heavy atom. The number of ether oxygens (including phenoxy) is 1. The maximum Gasteiger partial charge on any atom is 0.419 e. The minimum absolute atomic E-state index is 0.00631. The lowest BCUT2D eigenvalue weighted by Gasteiger charge is -2.14. The average Bonchev–Trinajstić information content (AvgIpc) is 3.42. The van der Waals surface area contributed by atoms with E-state index in [0.29, 0.717) is 34.6 Å². The number of anilines is 3. The van der Waals surface area contributed by atoms with Crippen molar-refractivity contribution in [1.29, 1.82) is 0 Å². The molecular weight excluding hydrogens is 717 g/mol. The lowest BCUT2D eigenvalue weighted by molar-refractivity contribution is -0.140. The fourth-order valence-corrected chi connectivity index (χ4v) is 6.42. The number of fused-ring (bicyclic) bond motifs is 1. The molecule has 2 aromatic heterocycles. The third-order valence-corrected chi connectivity index (χ3v) is 9.62. The SMILES string of the molecule is CCS(=O)(=O)Nc1cncc(-c2ccc(OC)c(C(=O)Nc3c(C(=O)Nc4ccc(F)c(C(F)(F)F)c4)sc4cc(C(F)(F)F)ccc34)c2)c1. The van der Waals surface area contributed by atoms with Crippen LogP contribution in [0.3, 0.4) is 0 Å². The molecule has 0 spiro atoms. The Labute approximate surface area is 283 Å². The molecule has 5 aromatic rings. The second kappa shape index (κ2) is 13.6. The van der Waals surface area contributed by atoms with Gasteiger partial charge in [0.2, 0.25) is 10.0 Å². The number of benzene rings is 3. The highest BCUT2D eigenvalue weighted by atomic mass is 32.2. The summed E-state index contributed by atoms with van der Waals surface area (Å²) in [6.45, 7) is 1.45. The highest BCUT2D eigenvalue weighted by molar-refractivity contribution is 7.92. The molecule has 0 aliphatic carbocycles. The molecule has 0 saturated carbocycles. The lowest BCUT2D eigenvalue weighted by Crippen LogP contribution is -2.18. The molecule has 0 saturated heterocycles. The Balaban J connectivity index is 1.55. The molecule has 5 rings (SSSR count). The summed E-state index contributed by atoms with van der Waals surface area (Å²) in [6.07, 6.45) is -7.17. The van der Waals surface area contributed by atoms with Gasteiger partial charge in [-0.2, -0.15) is 26.3 Å². The van der Waals surface area contributed by atoms with Gasteiger partial charge in [0.05, 0.1) is 47.1 Å². The van der Waals surface area contributed by atoms with Gasteiger partial charge in [0.15, 0.2) is 0 Å². The van der Waals surface area contributed by atoms with Gasteiger partial charge in [-0.25, -0.2) is 12.8 Å². The summed E-state index contributed by atoms with van der Waals surface area (Å²) in [5.74, 6) is -3.75. The van der Waals surface area contributed by atoms with Gasteiger partial charge < -0.3 is 15.4 Å². The first kappa shape index (κ1) is 36.1. The summed E-state index contributed by atoms with van der Waals surface area (Å²) in [7, 11) is -2.37. The van der Waals surface area contributed by atoms with Crippen molar-refractivity contribution in [2.75, 3.05) is 28.2 Å². The highest BCUT2D eigenvalue weighted by Crippen LogP contribution is 2.41. The van der Waals surface area contributed by atoms with E-state index >= 15 is 0 Å². The van der Waals surface area contributed by atoms with Crippen molar-refractivity contribution >= 4 is 60.3 Å². The largest absolute Gasteiger partial charge is 0.496 e. The van der Waals surface area contributed by atoms with Crippen molar-refractivity contribution in [1.82, 2.24) is 4.98 Å². The third kappa shape index (κ3) is 7.81. The van der Waals surface area contributed by atoms with Gasteiger partial charge in [-0.3, -0.25) is 19.3 Å². The molecule has 2 heterocycles. The van der Waals surface area contributed by atoms with Crippen molar-refractivity contribution < 1.29 is 53.5 Å². The number of pyridine rings is 1. The maximum atomic E-state index is 13.9. The molecule has 0 bridgehead atoms. The molecule has 0 aliphatic heterocycles. The van der Waals surface area contributed by atoms with E-state index in [4.69, 9.17) is 4.74 Å². The Morgan fingerprint density at radius 1 is 0.840 bits per heavy atom. The van der Waals surface area contributed by atoms with Crippen molar-refractivity contribution in [3.63, 3.8) is 0 Å². The van der Waals surface area contributed by atoms with E-state index in [1.54, 1.807) is 6.07 Å². The fraction of sp³-hybridized carbons (Fsp3) is 0.156. The summed E-state index contributed by atoms with van der Waals surface area (Å²) in [6, 6.07) is 10.0. The summed E-state index contributed by atoms with van der Waals surface area (Å²) in [5, 5.41) is 4.72. The van der Waals surface area contributed by atoms with E-state index in [1.807, 2.05) is 0 Å². The van der Waals surface area contributed by atoms with E-state index in [1.165, 1.54) is 44.6 Å². The predicted octanol–water partition coefficient (Wildman–Crippen LogP) is 8.41. The number of sulfonamides is 1. The van der Waals surface area contributed by atoms with Crippen LogP contribution < -0.4 is 20.1 Å². The zero-order valence-corrected chi connectivity index (χ0v) is 27.2. The number of nitrogens with one attached hydrogen (secondary N) is 3. The topological polar surface area (TPSA) is 126 Å². The number of thiophene rings is 1. The normalized spacial score (nSPS) is 12.1. The molecule has 3 N–H and O–H groups in total. The Morgan fingerprint density at radius 2 is 1.58 bits per heavy atom. The van der Waals surface area contributed by atoms with Crippen molar-refractivity contribution in [3.05, 3.63) is 100 Å². The van der Waals surface area contributed by atoms with Crippen LogP contribution in [0.2, 0.25) is 0 Å². The van der Waals surface area contributed by atoms with E-state index in [9.17, 15) is 48.7 Å². The molecule has 18 heteroatoms.